The molecule has 3 aromatic rings. The van der Waals surface area contributed by atoms with Crippen LogP contribution in [0.5, 0.6) is 0 Å². The van der Waals surface area contributed by atoms with Gasteiger partial charge in [0.15, 0.2) is 16.7 Å². The maximum atomic E-state index is 13.1. The van der Waals surface area contributed by atoms with E-state index in [1.165, 1.54) is 11.8 Å². The summed E-state index contributed by atoms with van der Waals surface area (Å²) in [7, 11) is 0. The molecule has 0 N–H and O–H groups in total. The Kier molecular flexibility index (Phi) is 6.50. The van der Waals surface area contributed by atoms with E-state index in [1.807, 2.05) is 54.8 Å². The maximum absolute atomic E-state index is 13.1. The number of hydrogen-bond donors (Lipinski definition) is 0. The van der Waals surface area contributed by atoms with Crippen molar-refractivity contribution < 1.29 is 9.21 Å². The van der Waals surface area contributed by atoms with Gasteiger partial charge in [0.2, 0.25) is 5.91 Å². The fourth-order valence-electron chi connectivity index (χ4n) is 2.81. The minimum Gasteiger partial charge on any atom is -0.461 e. The average molecular weight is 395 g/mol. The predicted molar refractivity (Wildman–Crippen MR) is 108 cm³/mol. The number of aromatic nitrogens is 3. The molecule has 0 radical (unpaired) electrons. The van der Waals surface area contributed by atoms with E-state index in [4.69, 9.17) is 9.68 Å². The zero-order valence-corrected chi connectivity index (χ0v) is 16.6. The topological polar surface area (TPSA) is 88.0 Å². The number of anilines is 1. The Bertz CT molecular complexity index is 947. The summed E-state index contributed by atoms with van der Waals surface area (Å²) in [6, 6.07) is 15.1. The molecule has 0 aliphatic carbocycles. The van der Waals surface area contributed by atoms with Crippen molar-refractivity contribution in [2.75, 3.05) is 11.4 Å². The second kappa shape index (κ2) is 9.24. The van der Waals surface area contributed by atoms with E-state index in [2.05, 4.69) is 16.3 Å². The molecule has 0 saturated carbocycles. The number of thioether (sulfide) groups is 1. The molecule has 1 aromatic carbocycles. The molecular formula is C20H21N5O2S. The molecule has 0 spiro atoms. The van der Waals surface area contributed by atoms with Crippen molar-refractivity contribution in [2.45, 2.75) is 37.2 Å². The number of benzene rings is 1. The van der Waals surface area contributed by atoms with Gasteiger partial charge < -0.3 is 9.32 Å². The lowest BCUT2D eigenvalue weighted by molar-refractivity contribution is -0.117. The van der Waals surface area contributed by atoms with Crippen LogP contribution in [0.1, 0.15) is 20.3 Å². The van der Waals surface area contributed by atoms with Gasteiger partial charge in [-0.3, -0.25) is 9.36 Å². The molecule has 8 heteroatoms. The molecule has 1 atom stereocenters. The quantitative estimate of drug-likeness (QED) is 0.536. The number of rotatable bonds is 8. The van der Waals surface area contributed by atoms with Crippen LogP contribution in [0.2, 0.25) is 0 Å². The Balaban J connectivity index is 1.80. The Morgan fingerprint density at radius 1 is 1.29 bits per heavy atom. The summed E-state index contributed by atoms with van der Waals surface area (Å²) < 4.78 is 7.36. The van der Waals surface area contributed by atoms with Crippen LogP contribution >= 0.6 is 11.8 Å². The summed E-state index contributed by atoms with van der Waals surface area (Å²) in [5, 5.41) is 17.7. The molecule has 2 heterocycles. The number of carbonyl (C=O) groups is 1. The Labute approximate surface area is 168 Å². The molecule has 2 aromatic heterocycles. The lowest BCUT2D eigenvalue weighted by Crippen LogP contribution is -2.37. The normalized spacial score (nSPS) is 11.8. The third-order valence-electron chi connectivity index (χ3n) is 4.19. The van der Waals surface area contributed by atoms with E-state index in [9.17, 15) is 4.79 Å². The number of carbonyl (C=O) groups excluding carboxylic acids is 1. The third-order valence-corrected chi connectivity index (χ3v) is 5.25. The number of nitrogens with zero attached hydrogens (tertiary/aromatic N) is 5. The molecule has 28 heavy (non-hydrogen) atoms. The van der Waals surface area contributed by atoms with Gasteiger partial charge in [-0.25, -0.2) is 0 Å². The summed E-state index contributed by atoms with van der Waals surface area (Å²) in [6.45, 7) is 4.84. The van der Waals surface area contributed by atoms with Gasteiger partial charge in [0.05, 0.1) is 24.0 Å². The van der Waals surface area contributed by atoms with Crippen LogP contribution in [-0.2, 0) is 11.3 Å². The predicted octanol–water partition coefficient (Wildman–Crippen LogP) is 3.99. The molecule has 0 aliphatic rings. The zero-order valence-electron chi connectivity index (χ0n) is 15.8. The van der Waals surface area contributed by atoms with Crippen molar-refractivity contribution in [2.24, 2.45) is 0 Å². The lowest BCUT2D eigenvalue weighted by atomic mass is 10.2. The van der Waals surface area contributed by atoms with Crippen LogP contribution in [0.15, 0.2) is 58.3 Å². The van der Waals surface area contributed by atoms with E-state index >= 15 is 0 Å². The minimum atomic E-state index is -0.391. The second-order valence-electron chi connectivity index (χ2n) is 6.02. The van der Waals surface area contributed by atoms with E-state index in [-0.39, 0.29) is 12.3 Å². The highest BCUT2D eigenvalue weighted by Crippen LogP contribution is 2.29. The molecule has 3 rings (SSSR count). The van der Waals surface area contributed by atoms with Crippen molar-refractivity contribution in [3.8, 4) is 17.7 Å². The summed E-state index contributed by atoms with van der Waals surface area (Å²) in [5.41, 5.74) is 0.781. The zero-order chi connectivity index (χ0) is 19.9. The van der Waals surface area contributed by atoms with E-state index < -0.39 is 5.25 Å². The standard InChI is InChI=1S/C20H21N5O2S/c1-3-24-18(17-11-7-14-27-17)22-23-20(24)28-15(2)19(26)25(13-8-12-21)16-9-5-4-6-10-16/h4-7,9-11,14-15H,3,8,13H2,1-2H3. The van der Waals surface area contributed by atoms with Crippen LogP contribution in [-0.4, -0.2) is 32.5 Å². The highest BCUT2D eigenvalue weighted by molar-refractivity contribution is 8.00. The fourth-order valence-corrected chi connectivity index (χ4v) is 3.79. The van der Waals surface area contributed by atoms with Gasteiger partial charge in [-0.15, -0.1) is 10.2 Å². The Morgan fingerprint density at radius 3 is 2.71 bits per heavy atom. The van der Waals surface area contributed by atoms with E-state index in [1.54, 1.807) is 17.2 Å². The number of para-hydroxylation sites is 1. The van der Waals surface area contributed by atoms with Gasteiger partial charge in [-0.2, -0.15) is 5.26 Å². The van der Waals surface area contributed by atoms with Crippen molar-refractivity contribution in [1.29, 1.82) is 5.26 Å². The first kappa shape index (κ1) is 19.7. The molecular weight excluding hydrogens is 374 g/mol. The third kappa shape index (κ3) is 4.26. The Morgan fingerprint density at radius 2 is 2.07 bits per heavy atom. The largest absolute Gasteiger partial charge is 0.461 e. The molecule has 0 fully saturated rings. The van der Waals surface area contributed by atoms with Gasteiger partial charge in [0, 0.05) is 18.8 Å². The van der Waals surface area contributed by atoms with Crippen molar-refractivity contribution in [3.05, 3.63) is 48.7 Å². The van der Waals surface area contributed by atoms with Crippen LogP contribution in [0.3, 0.4) is 0 Å². The summed E-state index contributed by atoms with van der Waals surface area (Å²) in [6.07, 6.45) is 1.86. The number of nitriles is 1. The van der Waals surface area contributed by atoms with Gasteiger partial charge in [0.25, 0.3) is 0 Å². The van der Waals surface area contributed by atoms with Crippen molar-refractivity contribution >= 4 is 23.4 Å². The number of furan rings is 1. The van der Waals surface area contributed by atoms with Gasteiger partial charge in [-0.05, 0) is 38.1 Å². The van der Waals surface area contributed by atoms with Crippen LogP contribution < -0.4 is 4.90 Å². The van der Waals surface area contributed by atoms with Crippen LogP contribution in [0, 0.1) is 11.3 Å². The highest BCUT2D eigenvalue weighted by Gasteiger charge is 2.25. The number of hydrogen-bond acceptors (Lipinski definition) is 6. The molecule has 144 valence electrons. The van der Waals surface area contributed by atoms with Crippen LogP contribution in [0.25, 0.3) is 11.6 Å². The smallest absolute Gasteiger partial charge is 0.240 e. The van der Waals surface area contributed by atoms with E-state index in [0.29, 0.717) is 29.8 Å². The second-order valence-corrected chi connectivity index (χ2v) is 7.33. The maximum Gasteiger partial charge on any atom is 0.240 e. The lowest BCUT2D eigenvalue weighted by Gasteiger charge is -2.24. The van der Waals surface area contributed by atoms with Gasteiger partial charge >= 0.3 is 0 Å². The average Bonchev–Trinajstić information content (AvgIpc) is 3.38. The molecule has 0 aliphatic heterocycles. The molecule has 0 bridgehead atoms. The molecule has 0 saturated heterocycles. The van der Waals surface area contributed by atoms with Crippen LogP contribution in [0.4, 0.5) is 5.69 Å². The fraction of sp³-hybridized carbons (Fsp3) is 0.300. The minimum absolute atomic E-state index is 0.0725. The monoisotopic (exact) mass is 395 g/mol. The SMILES string of the molecule is CCn1c(SC(C)C(=O)N(CCC#N)c2ccccc2)nnc1-c1ccco1. The van der Waals surface area contributed by atoms with Gasteiger partial charge in [-0.1, -0.05) is 30.0 Å². The van der Waals surface area contributed by atoms with Crippen molar-refractivity contribution in [3.63, 3.8) is 0 Å². The number of amides is 1. The first-order valence-corrected chi connectivity index (χ1v) is 9.90. The summed E-state index contributed by atoms with van der Waals surface area (Å²) >= 11 is 1.35. The van der Waals surface area contributed by atoms with Crippen molar-refractivity contribution in [1.82, 2.24) is 14.8 Å². The first-order chi connectivity index (χ1) is 13.7. The summed E-state index contributed by atoms with van der Waals surface area (Å²) in [4.78, 5) is 14.8. The summed E-state index contributed by atoms with van der Waals surface area (Å²) in [5.74, 6) is 1.20. The molecule has 7 nitrogen and oxygen atoms in total. The Hall–Kier alpha value is -3.05. The van der Waals surface area contributed by atoms with E-state index in [0.717, 1.165) is 5.69 Å². The highest BCUT2D eigenvalue weighted by atomic mass is 32.2. The molecule has 1 amide bonds. The first-order valence-electron chi connectivity index (χ1n) is 9.02. The van der Waals surface area contributed by atoms with Gasteiger partial charge in [0.1, 0.15) is 0 Å². The molecule has 1 unspecified atom stereocenters.